The fourth-order valence-electron chi connectivity index (χ4n) is 3.65. The molecule has 0 radical (unpaired) electrons. The molecule has 0 amide bonds. The van der Waals surface area contributed by atoms with Crippen molar-refractivity contribution in [1.29, 1.82) is 0 Å². The van der Waals surface area contributed by atoms with Crippen molar-refractivity contribution >= 4 is 29.3 Å². The smallest absolute Gasteiger partial charge is 0.336 e. The molecule has 6 nitrogen and oxygen atoms in total. The summed E-state index contributed by atoms with van der Waals surface area (Å²) in [7, 11) is 0. The first kappa shape index (κ1) is 21.8. The van der Waals surface area contributed by atoms with Gasteiger partial charge < -0.3 is 13.9 Å². The van der Waals surface area contributed by atoms with Gasteiger partial charge >= 0.3 is 11.9 Å². The zero-order valence-corrected chi connectivity index (χ0v) is 18.2. The molecular formula is C23H24ClNO5. The van der Waals surface area contributed by atoms with Gasteiger partial charge in [-0.15, -0.1) is 0 Å². The van der Waals surface area contributed by atoms with E-state index in [9.17, 15) is 9.59 Å². The van der Waals surface area contributed by atoms with Crippen molar-refractivity contribution in [3.63, 3.8) is 0 Å². The predicted octanol–water partition coefficient (Wildman–Crippen LogP) is 5.17. The molecule has 2 atom stereocenters. The van der Waals surface area contributed by atoms with Gasteiger partial charge in [-0.25, -0.2) is 4.79 Å². The highest BCUT2D eigenvalue weighted by molar-refractivity contribution is 6.30. The quantitative estimate of drug-likeness (QED) is 0.591. The van der Waals surface area contributed by atoms with Gasteiger partial charge in [-0.1, -0.05) is 11.6 Å². The lowest BCUT2D eigenvalue weighted by molar-refractivity contribution is -0.146. The minimum atomic E-state index is -0.780. The molecule has 2 unspecified atom stereocenters. The molecule has 0 fully saturated rings. The Hall–Kier alpha value is -2.86. The zero-order valence-electron chi connectivity index (χ0n) is 17.4. The lowest BCUT2D eigenvalue weighted by Crippen LogP contribution is -2.36. The molecule has 3 rings (SSSR count). The van der Waals surface area contributed by atoms with E-state index in [1.807, 2.05) is 12.1 Å². The highest BCUT2D eigenvalue weighted by Gasteiger charge is 2.44. The molecule has 7 heteroatoms. The number of carbonyl (C=O) groups is 2. The molecule has 1 aliphatic rings. The summed E-state index contributed by atoms with van der Waals surface area (Å²) in [6.07, 6.45) is 0. The molecule has 158 valence electrons. The van der Waals surface area contributed by atoms with Gasteiger partial charge in [-0.3, -0.25) is 9.79 Å². The minimum absolute atomic E-state index is 0.212. The van der Waals surface area contributed by atoms with E-state index in [0.29, 0.717) is 33.5 Å². The Kier molecular flexibility index (Phi) is 6.77. The first-order valence-corrected chi connectivity index (χ1v) is 10.2. The van der Waals surface area contributed by atoms with Crippen LogP contribution in [0.2, 0.25) is 5.02 Å². The Balaban J connectivity index is 2.10. The van der Waals surface area contributed by atoms with Crippen LogP contribution >= 0.6 is 11.6 Å². The van der Waals surface area contributed by atoms with Gasteiger partial charge in [0.2, 0.25) is 0 Å². The van der Waals surface area contributed by atoms with E-state index in [1.54, 1.807) is 52.0 Å². The predicted molar refractivity (Wildman–Crippen MR) is 114 cm³/mol. The number of halogens is 1. The second kappa shape index (κ2) is 9.30. The van der Waals surface area contributed by atoms with Gasteiger partial charge in [-0.2, -0.15) is 0 Å². The average molecular weight is 430 g/mol. The van der Waals surface area contributed by atoms with Crippen LogP contribution in [0.15, 0.2) is 57.1 Å². The summed E-state index contributed by atoms with van der Waals surface area (Å²) < 4.78 is 16.7. The summed E-state index contributed by atoms with van der Waals surface area (Å²) in [5.41, 5.74) is 2.20. The highest BCUT2D eigenvalue weighted by atomic mass is 35.5. The number of hydrogen-bond donors (Lipinski definition) is 0. The SMILES string of the molecule is CCOC(=O)C1=C(C)N=C(C)C(C(=O)OCC)C1c1ccc(-c2ccc(Cl)cc2)o1. The van der Waals surface area contributed by atoms with Crippen molar-refractivity contribution in [3.8, 4) is 11.3 Å². The third kappa shape index (κ3) is 4.33. The van der Waals surface area contributed by atoms with Crippen molar-refractivity contribution in [2.45, 2.75) is 33.6 Å². The second-order valence-corrected chi connectivity index (χ2v) is 7.33. The largest absolute Gasteiger partial charge is 0.465 e. The molecule has 1 aromatic heterocycles. The lowest BCUT2D eigenvalue weighted by atomic mass is 9.78. The molecule has 2 heterocycles. The number of rotatable bonds is 6. The van der Waals surface area contributed by atoms with Gasteiger partial charge in [0.1, 0.15) is 17.4 Å². The Bertz CT molecular complexity index is 1000. The standard InChI is InChI=1S/C23H24ClNO5/c1-5-28-22(26)19-13(3)25-14(4)20(23(27)29-6-2)21(19)18-12-11-17(30-18)15-7-9-16(24)10-8-15/h7-12,19,21H,5-6H2,1-4H3. The molecule has 0 saturated carbocycles. The fourth-order valence-corrected chi connectivity index (χ4v) is 3.77. The number of benzene rings is 1. The van der Waals surface area contributed by atoms with Gasteiger partial charge in [0.25, 0.3) is 0 Å². The molecular weight excluding hydrogens is 406 g/mol. The molecule has 1 aromatic carbocycles. The molecule has 0 N–H and O–H groups in total. The molecule has 0 bridgehead atoms. The van der Waals surface area contributed by atoms with E-state index in [2.05, 4.69) is 4.99 Å². The fraction of sp³-hybridized carbons (Fsp3) is 0.348. The van der Waals surface area contributed by atoms with Crippen LogP contribution in [0.1, 0.15) is 39.4 Å². The minimum Gasteiger partial charge on any atom is -0.465 e. The Morgan fingerprint density at radius 1 is 1.03 bits per heavy atom. The highest BCUT2D eigenvalue weighted by Crippen LogP contribution is 2.41. The first-order chi connectivity index (χ1) is 14.4. The molecule has 1 aliphatic heterocycles. The zero-order chi connectivity index (χ0) is 21.8. The summed E-state index contributed by atoms with van der Waals surface area (Å²) in [5, 5.41) is 0.621. The van der Waals surface area contributed by atoms with Crippen molar-refractivity contribution in [3.05, 3.63) is 58.5 Å². The summed E-state index contributed by atoms with van der Waals surface area (Å²) in [5.74, 6) is -1.38. The average Bonchev–Trinajstić information content (AvgIpc) is 3.18. The lowest BCUT2D eigenvalue weighted by Gasteiger charge is -2.29. The Morgan fingerprint density at radius 2 is 1.70 bits per heavy atom. The summed E-state index contributed by atoms with van der Waals surface area (Å²) in [6.45, 7) is 7.38. The number of allylic oxidation sites excluding steroid dienone is 1. The van der Waals surface area contributed by atoms with Crippen LogP contribution in [0, 0.1) is 5.92 Å². The Labute approximate surface area is 180 Å². The number of esters is 2. The van der Waals surface area contributed by atoms with Crippen LogP contribution in [-0.2, 0) is 19.1 Å². The van der Waals surface area contributed by atoms with E-state index < -0.39 is 23.8 Å². The number of ether oxygens (including phenoxy) is 2. The third-order valence-corrected chi connectivity index (χ3v) is 5.18. The number of carbonyl (C=O) groups excluding carboxylic acids is 2. The van der Waals surface area contributed by atoms with E-state index in [0.717, 1.165) is 5.56 Å². The summed E-state index contributed by atoms with van der Waals surface area (Å²) in [4.78, 5) is 30.0. The monoisotopic (exact) mass is 429 g/mol. The van der Waals surface area contributed by atoms with E-state index in [4.69, 9.17) is 25.5 Å². The van der Waals surface area contributed by atoms with Crippen LogP contribution < -0.4 is 0 Å². The van der Waals surface area contributed by atoms with E-state index in [-0.39, 0.29) is 13.2 Å². The molecule has 0 saturated heterocycles. The maximum absolute atomic E-state index is 12.8. The third-order valence-electron chi connectivity index (χ3n) is 4.93. The Morgan fingerprint density at radius 3 is 2.33 bits per heavy atom. The van der Waals surface area contributed by atoms with Gasteiger partial charge in [0.15, 0.2) is 0 Å². The maximum atomic E-state index is 12.8. The van der Waals surface area contributed by atoms with Crippen LogP contribution in [-0.4, -0.2) is 30.9 Å². The van der Waals surface area contributed by atoms with Gasteiger partial charge in [0, 0.05) is 22.0 Å². The second-order valence-electron chi connectivity index (χ2n) is 6.89. The van der Waals surface area contributed by atoms with Crippen molar-refractivity contribution in [2.75, 3.05) is 13.2 Å². The number of furan rings is 1. The van der Waals surface area contributed by atoms with E-state index >= 15 is 0 Å². The molecule has 0 spiro atoms. The van der Waals surface area contributed by atoms with Crippen LogP contribution in [0.4, 0.5) is 0 Å². The number of hydrogen-bond acceptors (Lipinski definition) is 6. The maximum Gasteiger partial charge on any atom is 0.336 e. The number of nitrogens with zero attached hydrogens (tertiary/aromatic N) is 1. The van der Waals surface area contributed by atoms with Crippen LogP contribution in [0.3, 0.4) is 0 Å². The number of aliphatic imine (C=N–C) groups is 1. The topological polar surface area (TPSA) is 78.1 Å². The first-order valence-electron chi connectivity index (χ1n) is 9.82. The van der Waals surface area contributed by atoms with Crippen LogP contribution in [0.25, 0.3) is 11.3 Å². The summed E-state index contributed by atoms with van der Waals surface area (Å²) in [6, 6.07) is 10.8. The molecule has 30 heavy (non-hydrogen) atoms. The van der Waals surface area contributed by atoms with Crippen molar-refractivity contribution in [2.24, 2.45) is 10.9 Å². The van der Waals surface area contributed by atoms with Crippen molar-refractivity contribution in [1.82, 2.24) is 0 Å². The summed E-state index contributed by atoms with van der Waals surface area (Å²) >= 11 is 5.97. The van der Waals surface area contributed by atoms with Gasteiger partial charge in [0.05, 0.1) is 24.7 Å². The van der Waals surface area contributed by atoms with E-state index in [1.165, 1.54) is 0 Å². The molecule has 0 aliphatic carbocycles. The van der Waals surface area contributed by atoms with Crippen molar-refractivity contribution < 1.29 is 23.5 Å². The molecule has 2 aromatic rings. The normalized spacial score (nSPS) is 18.8. The van der Waals surface area contributed by atoms with Gasteiger partial charge in [-0.05, 0) is 64.1 Å². The van der Waals surface area contributed by atoms with Crippen LogP contribution in [0.5, 0.6) is 0 Å².